The van der Waals surface area contributed by atoms with Crippen molar-refractivity contribution in [2.24, 2.45) is 0 Å². The number of aromatic nitrogens is 5. The van der Waals surface area contributed by atoms with Crippen LogP contribution in [0.5, 0.6) is 0 Å². The summed E-state index contributed by atoms with van der Waals surface area (Å²) in [6.07, 6.45) is 0. The maximum Gasteiger partial charge on any atom is 0.198 e. The molecule has 0 aliphatic rings. The predicted molar refractivity (Wildman–Crippen MR) is 77.8 cm³/mol. The van der Waals surface area contributed by atoms with Crippen LogP contribution in [0.15, 0.2) is 27.0 Å². The largest absolute Gasteiger partial charge is 0.301 e. The molecule has 0 saturated heterocycles. The summed E-state index contributed by atoms with van der Waals surface area (Å²) in [4.78, 5) is 5.48. The molecule has 0 atom stereocenters. The average molecular weight is 309 g/mol. The van der Waals surface area contributed by atoms with Crippen LogP contribution < -0.4 is 0 Å². The lowest BCUT2D eigenvalue weighted by Gasteiger charge is -2.04. The second-order valence-electron chi connectivity index (χ2n) is 3.74. The van der Waals surface area contributed by atoms with E-state index in [1.54, 1.807) is 11.3 Å². The van der Waals surface area contributed by atoms with E-state index < -0.39 is 0 Å². The molecule has 3 heterocycles. The molecule has 3 aromatic rings. The quantitative estimate of drug-likeness (QED) is 0.740. The zero-order valence-corrected chi connectivity index (χ0v) is 12.8. The van der Waals surface area contributed by atoms with Gasteiger partial charge < -0.3 is 4.57 Å². The topological polar surface area (TPSA) is 56.5 Å². The first kappa shape index (κ1) is 12.8. The van der Waals surface area contributed by atoms with Crippen molar-refractivity contribution in [1.82, 2.24) is 24.1 Å². The van der Waals surface area contributed by atoms with Crippen LogP contribution in [-0.4, -0.2) is 24.1 Å². The highest BCUT2D eigenvalue weighted by Gasteiger charge is 2.15. The highest BCUT2D eigenvalue weighted by Crippen LogP contribution is 2.31. The van der Waals surface area contributed by atoms with E-state index in [-0.39, 0.29) is 0 Å². The van der Waals surface area contributed by atoms with Crippen LogP contribution in [0.2, 0.25) is 0 Å². The van der Waals surface area contributed by atoms with Crippen molar-refractivity contribution < 1.29 is 0 Å². The molecule has 0 aliphatic carbocycles. The minimum atomic E-state index is 0.800. The zero-order valence-electron chi connectivity index (χ0n) is 10.4. The Kier molecular flexibility index (Phi) is 3.63. The molecular weight excluding hydrogens is 298 g/mol. The summed E-state index contributed by atoms with van der Waals surface area (Å²) in [5.74, 6) is 1.72. The van der Waals surface area contributed by atoms with Crippen molar-refractivity contribution in [1.29, 1.82) is 0 Å². The van der Waals surface area contributed by atoms with Crippen molar-refractivity contribution in [3.8, 4) is 10.7 Å². The molecule has 0 aromatic carbocycles. The molecular formula is C11H11N5S3. The van der Waals surface area contributed by atoms with Gasteiger partial charge in [-0.3, -0.25) is 0 Å². The van der Waals surface area contributed by atoms with Crippen molar-refractivity contribution in [2.45, 2.75) is 29.9 Å². The lowest BCUT2D eigenvalue weighted by molar-refractivity contribution is 0.688. The fourth-order valence-corrected chi connectivity index (χ4v) is 4.00. The first-order chi connectivity index (χ1) is 9.28. The summed E-state index contributed by atoms with van der Waals surface area (Å²) in [7, 11) is 0. The van der Waals surface area contributed by atoms with Gasteiger partial charge in [-0.1, -0.05) is 6.07 Å². The lowest BCUT2D eigenvalue weighted by Crippen LogP contribution is -1.98. The van der Waals surface area contributed by atoms with Crippen molar-refractivity contribution in [3.05, 3.63) is 23.3 Å². The number of hydrogen-bond acceptors (Lipinski definition) is 7. The monoisotopic (exact) mass is 309 g/mol. The van der Waals surface area contributed by atoms with E-state index in [0.717, 1.165) is 32.6 Å². The first-order valence-electron chi connectivity index (χ1n) is 5.73. The van der Waals surface area contributed by atoms with Crippen LogP contribution in [0.4, 0.5) is 0 Å². The number of aryl methyl sites for hydroxylation is 1. The molecule has 0 aliphatic heterocycles. The molecule has 3 rings (SSSR count). The van der Waals surface area contributed by atoms with Crippen LogP contribution >= 0.6 is 34.6 Å². The van der Waals surface area contributed by atoms with Crippen molar-refractivity contribution in [2.75, 3.05) is 0 Å². The Hall–Kier alpha value is -1.25. The maximum absolute atomic E-state index is 4.35. The molecule has 0 N–H and O–H groups in total. The van der Waals surface area contributed by atoms with Gasteiger partial charge in [0, 0.05) is 6.54 Å². The van der Waals surface area contributed by atoms with Crippen LogP contribution in [0.25, 0.3) is 10.7 Å². The Morgan fingerprint density at radius 2 is 2.26 bits per heavy atom. The molecule has 0 radical (unpaired) electrons. The molecule has 0 spiro atoms. The highest BCUT2D eigenvalue weighted by molar-refractivity contribution is 8.00. The molecule has 0 fully saturated rings. The molecule has 5 nitrogen and oxygen atoms in total. The molecule has 19 heavy (non-hydrogen) atoms. The Balaban J connectivity index is 1.94. The van der Waals surface area contributed by atoms with Gasteiger partial charge in [0.2, 0.25) is 0 Å². The predicted octanol–water partition coefficient (Wildman–Crippen LogP) is 3.34. The summed E-state index contributed by atoms with van der Waals surface area (Å²) >= 11 is 4.58. The Bertz CT molecular complexity index is 670. The molecule has 8 heteroatoms. The van der Waals surface area contributed by atoms with E-state index in [0.29, 0.717) is 0 Å². The molecule has 0 saturated carbocycles. The first-order valence-corrected chi connectivity index (χ1v) is 8.20. The van der Waals surface area contributed by atoms with E-state index >= 15 is 0 Å². The van der Waals surface area contributed by atoms with E-state index in [4.69, 9.17) is 0 Å². The van der Waals surface area contributed by atoms with Gasteiger partial charge in [-0.25, -0.2) is 4.98 Å². The molecule has 0 bridgehead atoms. The van der Waals surface area contributed by atoms with Crippen molar-refractivity contribution in [3.63, 3.8) is 0 Å². The number of nitrogens with zero attached hydrogens (tertiary/aromatic N) is 5. The third-order valence-corrected chi connectivity index (χ3v) is 5.16. The van der Waals surface area contributed by atoms with E-state index in [1.807, 2.05) is 18.4 Å². The molecule has 0 amide bonds. The van der Waals surface area contributed by atoms with Gasteiger partial charge in [-0.15, -0.1) is 21.5 Å². The van der Waals surface area contributed by atoms with E-state index in [1.165, 1.54) is 23.3 Å². The standard InChI is InChI=1S/C11H11N5S3/c1-3-16-9(8-5-4-6-17-8)13-14-10(16)18-11-12-7(2)15-19-11/h4-6H,3H2,1-2H3. The minimum Gasteiger partial charge on any atom is -0.301 e. The third-order valence-electron chi connectivity index (χ3n) is 2.46. The minimum absolute atomic E-state index is 0.800. The lowest BCUT2D eigenvalue weighted by atomic mass is 10.4. The summed E-state index contributed by atoms with van der Waals surface area (Å²) < 4.78 is 7.18. The molecule has 98 valence electrons. The van der Waals surface area contributed by atoms with Gasteiger partial charge >= 0.3 is 0 Å². The van der Waals surface area contributed by atoms with Crippen LogP contribution in [0.3, 0.4) is 0 Å². The summed E-state index contributed by atoms with van der Waals surface area (Å²) in [6.45, 7) is 4.82. The van der Waals surface area contributed by atoms with Crippen LogP contribution in [0, 0.1) is 6.92 Å². The van der Waals surface area contributed by atoms with E-state index in [9.17, 15) is 0 Å². The van der Waals surface area contributed by atoms with Gasteiger partial charge in [-0.2, -0.15) is 4.37 Å². The van der Waals surface area contributed by atoms with Gasteiger partial charge in [0.05, 0.1) is 4.88 Å². The summed E-state index contributed by atoms with van der Waals surface area (Å²) in [6, 6.07) is 4.08. The zero-order chi connectivity index (χ0) is 13.2. The third kappa shape index (κ3) is 2.56. The van der Waals surface area contributed by atoms with Gasteiger partial charge in [0.25, 0.3) is 0 Å². The van der Waals surface area contributed by atoms with Crippen molar-refractivity contribution >= 4 is 34.6 Å². The number of hydrogen-bond donors (Lipinski definition) is 0. The van der Waals surface area contributed by atoms with Gasteiger partial charge in [0.15, 0.2) is 15.3 Å². The smallest absolute Gasteiger partial charge is 0.198 e. The van der Waals surface area contributed by atoms with Crippen LogP contribution in [-0.2, 0) is 6.54 Å². The number of thiophene rings is 1. The molecule has 3 aromatic heterocycles. The fourth-order valence-electron chi connectivity index (χ4n) is 1.63. The second kappa shape index (κ2) is 5.40. The summed E-state index contributed by atoms with van der Waals surface area (Å²) in [5, 5.41) is 11.5. The average Bonchev–Trinajstić information content (AvgIpc) is 3.10. The van der Waals surface area contributed by atoms with Gasteiger partial charge in [-0.05, 0) is 48.6 Å². The normalized spacial score (nSPS) is 11.1. The number of rotatable bonds is 4. The SMILES string of the molecule is CCn1c(Sc2nc(C)ns2)nnc1-c1cccs1. The van der Waals surface area contributed by atoms with Gasteiger partial charge in [0.1, 0.15) is 5.82 Å². The maximum atomic E-state index is 4.35. The second-order valence-corrected chi connectivity index (χ2v) is 6.65. The Labute approximate surface area is 122 Å². The summed E-state index contributed by atoms with van der Waals surface area (Å²) in [5.41, 5.74) is 0. The van der Waals surface area contributed by atoms with Crippen LogP contribution in [0.1, 0.15) is 12.7 Å². The molecule has 0 unspecified atom stereocenters. The Morgan fingerprint density at radius 1 is 1.37 bits per heavy atom. The van der Waals surface area contributed by atoms with E-state index in [2.05, 4.69) is 37.1 Å². The fraction of sp³-hybridized carbons (Fsp3) is 0.273. The Morgan fingerprint density at radius 3 is 2.89 bits per heavy atom. The highest BCUT2D eigenvalue weighted by atomic mass is 32.2.